The van der Waals surface area contributed by atoms with Crippen LogP contribution in [0.15, 0.2) is 41.3 Å². The van der Waals surface area contributed by atoms with Crippen LogP contribution in [0.2, 0.25) is 0 Å². The van der Waals surface area contributed by atoms with E-state index in [1.54, 1.807) is 18.2 Å². The van der Waals surface area contributed by atoms with Crippen molar-refractivity contribution in [2.45, 2.75) is 44.6 Å². The van der Waals surface area contributed by atoms with Crippen molar-refractivity contribution in [3.63, 3.8) is 0 Å². The van der Waals surface area contributed by atoms with Gasteiger partial charge in [0.2, 0.25) is 0 Å². The molecule has 1 aromatic rings. The van der Waals surface area contributed by atoms with Crippen LogP contribution in [0, 0.1) is 6.92 Å². The molecule has 0 saturated heterocycles. The van der Waals surface area contributed by atoms with Gasteiger partial charge in [-0.15, -0.1) is 0 Å². The average molecular weight is 415 g/mol. The quantitative estimate of drug-likeness (QED) is 0.225. The Labute approximate surface area is 167 Å². The zero-order chi connectivity index (χ0) is 21.0. The molecule has 28 heavy (non-hydrogen) atoms. The maximum Gasteiger partial charge on any atom is 0.330 e. The molecule has 1 aromatic carbocycles. The summed E-state index contributed by atoms with van der Waals surface area (Å²) in [5.41, 5.74) is 0.473. The van der Waals surface area contributed by atoms with Crippen LogP contribution >= 0.6 is 0 Å². The summed E-state index contributed by atoms with van der Waals surface area (Å²) in [6, 6.07) is 6.45. The molecular formula is C20H30O7S. The summed E-state index contributed by atoms with van der Waals surface area (Å²) in [4.78, 5) is 11.6. The number of ether oxygens (including phenoxy) is 3. The number of hydrogen-bond donors (Lipinski definition) is 0. The van der Waals surface area contributed by atoms with Crippen molar-refractivity contribution in [1.29, 1.82) is 0 Å². The van der Waals surface area contributed by atoms with Crippen molar-refractivity contribution in [3.05, 3.63) is 42.0 Å². The monoisotopic (exact) mass is 414 g/mol. The first-order valence-electron chi connectivity index (χ1n) is 9.11. The molecule has 7 nitrogen and oxygen atoms in total. The van der Waals surface area contributed by atoms with Crippen molar-refractivity contribution in [2.24, 2.45) is 0 Å². The lowest BCUT2D eigenvalue weighted by Gasteiger charge is -2.17. The Hall–Kier alpha value is -1.74. The van der Waals surface area contributed by atoms with Crippen molar-refractivity contribution in [1.82, 2.24) is 0 Å². The van der Waals surface area contributed by atoms with Crippen molar-refractivity contribution >= 4 is 16.1 Å². The Morgan fingerprint density at radius 2 is 1.54 bits per heavy atom. The molecule has 0 heterocycles. The van der Waals surface area contributed by atoms with Crippen LogP contribution in [-0.2, 0) is 33.3 Å². The summed E-state index contributed by atoms with van der Waals surface area (Å²) in [7, 11) is -3.76. The minimum absolute atomic E-state index is 0.0607. The lowest BCUT2D eigenvalue weighted by molar-refractivity contribution is -0.148. The molecule has 0 saturated carbocycles. The van der Waals surface area contributed by atoms with Crippen LogP contribution in [0.3, 0.4) is 0 Å². The fraction of sp³-hybridized carbons (Fsp3) is 0.550. The predicted octanol–water partition coefficient (Wildman–Crippen LogP) is 3.02. The molecule has 0 aromatic heterocycles. The third-order valence-electron chi connectivity index (χ3n) is 3.24. The standard InChI is InChI=1S/C20H30O7S/c1-17-8-10-18(11-9-17)28(22,23)26-16-15-25-14-13-24-12-6-5-7-19(21)27-20(2,3)4/h5,7-11H,6,12-16H2,1-4H3/b7-5+. The molecule has 158 valence electrons. The van der Waals surface area contributed by atoms with Gasteiger partial charge >= 0.3 is 5.97 Å². The Balaban J connectivity index is 2.05. The van der Waals surface area contributed by atoms with Crippen molar-refractivity contribution in [3.8, 4) is 0 Å². The first kappa shape index (κ1) is 24.3. The summed E-state index contributed by atoms with van der Waals surface area (Å²) in [5.74, 6) is -0.378. The van der Waals surface area contributed by atoms with Crippen LogP contribution < -0.4 is 0 Å². The molecule has 0 amide bonds. The maximum absolute atomic E-state index is 12.0. The van der Waals surface area contributed by atoms with Crippen LogP contribution in [-0.4, -0.2) is 53.0 Å². The van der Waals surface area contributed by atoms with Gasteiger partial charge in [0.05, 0.1) is 37.9 Å². The Morgan fingerprint density at radius 3 is 2.14 bits per heavy atom. The minimum Gasteiger partial charge on any atom is -0.457 e. The third kappa shape index (κ3) is 11.2. The molecule has 0 aliphatic carbocycles. The summed E-state index contributed by atoms with van der Waals surface area (Å²) in [6.45, 7) is 8.53. The Morgan fingerprint density at radius 1 is 0.964 bits per heavy atom. The minimum atomic E-state index is -3.76. The number of rotatable bonds is 12. The first-order valence-corrected chi connectivity index (χ1v) is 10.5. The highest BCUT2D eigenvalue weighted by molar-refractivity contribution is 7.86. The zero-order valence-corrected chi connectivity index (χ0v) is 17.8. The van der Waals surface area contributed by atoms with E-state index in [0.29, 0.717) is 26.2 Å². The highest BCUT2D eigenvalue weighted by atomic mass is 32.2. The molecule has 0 unspecified atom stereocenters. The van der Waals surface area contributed by atoms with Gasteiger partial charge in [-0.1, -0.05) is 23.8 Å². The van der Waals surface area contributed by atoms with E-state index < -0.39 is 15.7 Å². The van der Waals surface area contributed by atoms with Crippen LogP contribution in [0.25, 0.3) is 0 Å². The normalized spacial score (nSPS) is 12.4. The van der Waals surface area contributed by atoms with Crippen molar-refractivity contribution < 1.29 is 31.6 Å². The number of esters is 1. The number of carbonyl (C=O) groups excluding carboxylic acids is 1. The van der Waals surface area contributed by atoms with Gasteiger partial charge in [-0.25, -0.2) is 4.79 Å². The number of aryl methyl sites for hydroxylation is 1. The highest BCUT2D eigenvalue weighted by Gasteiger charge is 2.14. The fourth-order valence-electron chi connectivity index (χ4n) is 1.96. The van der Waals surface area contributed by atoms with E-state index in [9.17, 15) is 13.2 Å². The second kappa shape index (κ2) is 12.0. The van der Waals surface area contributed by atoms with Gasteiger partial charge < -0.3 is 14.2 Å². The predicted molar refractivity (Wildman–Crippen MR) is 106 cm³/mol. The molecule has 0 fully saturated rings. The zero-order valence-electron chi connectivity index (χ0n) is 17.0. The topological polar surface area (TPSA) is 88.1 Å². The van der Waals surface area contributed by atoms with Gasteiger partial charge in [0.1, 0.15) is 5.60 Å². The summed E-state index contributed by atoms with van der Waals surface area (Å²) < 4.78 is 44.6. The SMILES string of the molecule is Cc1ccc(S(=O)(=O)OCCOCCOCC/C=C/C(=O)OC(C)(C)C)cc1. The Kier molecular flexibility index (Phi) is 10.4. The van der Waals surface area contributed by atoms with Gasteiger partial charge in [-0.2, -0.15) is 8.42 Å². The molecule has 0 spiro atoms. The van der Waals surface area contributed by atoms with Gasteiger partial charge in [-0.3, -0.25) is 4.18 Å². The molecule has 8 heteroatoms. The number of benzene rings is 1. The molecule has 0 aliphatic heterocycles. The lowest BCUT2D eigenvalue weighted by Crippen LogP contribution is -2.22. The highest BCUT2D eigenvalue weighted by Crippen LogP contribution is 2.13. The largest absolute Gasteiger partial charge is 0.457 e. The van der Waals surface area contributed by atoms with E-state index in [2.05, 4.69) is 0 Å². The first-order chi connectivity index (χ1) is 13.1. The van der Waals surface area contributed by atoms with Gasteiger partial charge in [-0.05, 0) is 46.2 Å². The molecule has 0 aliphatic rings. The van der Waals surface area contributed by atoms with Crippen LogP contribution in [0.5, 0.6) is 0 Å². The lowest BCUT2D eigenvalue weighted by atomic mass is 10.2. The van der Waals surface area contributed by atoms with E-state index >= 15 is 0 Å². The van der Waals surface area contributed by atoms with E-state index in [1.807, 2.05) is 27.7 Å². The smallest absolute Gasteiger partial charge is 0.330 e. The van der Waals surface area contributed by atoms with Crippen LogP contribution in [0.4, 0.5) is 0 Å². The molecule has 0 bridgehead atoms. The maximum atomic E-state index is 12.0. The van der Waals surface area contributed by atoms with E-state index in [4.69, 9.17) is 18.4 Å². The molecule has 1 rings (SSSR count). The summed E-state index contributed by atoms with van der Waals surface area (Å²) in [5, 5.41) is 0. The summed E-state index contributed by atoms with van der Waals surface area (Å²) in [6.07, 6.45) is 3.66. The second-order valence-electron chi connectivity index (χ2n) is 7.04. The average Bonchev–Trinajstić information content (AvgIpc) is 2.58. The second-order valence-corrected chi connectivity index (χ2v) is 8.65. The summed E-state index contributed by atoms with van der Waals surface area (Å²) >= 11 is 0. The molecule has 0 radical (unpaired) electrons. The molecular weight excluding hydrogens is 384 g/mol. The third-order valence-corrected chi connectivity index (χ3v) is 4.56. The van der Waals surface area contributed by atoms with Crippen LogP contribution in [0.1, 0.15) is 32.8 Å². The van der Waals surface area contributed by atoms with E-state index in [-0.39, 0.29) is 24.1 Å². The fourth-order valence-corrected chi connectivity index (χ4v) is 2.86. The number of hydrogen-bond acceptors (Lipinski definition) is 7. The Bertz CT molecular complexity index is 716. The molecule has 0 N–H and O–H groups in total. The van der Waals surface area contributed by atoms with E-state index in [1.165, 1.54) is 18.2 Å². The van der Waals surface area contributed by atoms with Gasteiger partial charge in [0.15, 0.2) is 0 Å². The van der Waals surface area contributed by atoms with Crippen molar-refractivity contribution in [2.75, 3.05) is 33.0 Å². The number of carbonyl (C=O) groups is 1. The van der Waals surface area contributed by atoms with E-state index in [0.717, 1.165) is 5.56 Å². The molecule has 0 atom stereocenters. The van der Waals surface area contributed by atoms with Gasteiger partial charge in [0, 0.05) is 6.08 Å². The van der Waals surface area contributed by atoms with Gasteiger partial charge in [0.25, 0.3) is 10.1 Å².